The second kappa shape index (κ2) is 6.81. The molecule has 6 heteroatoms. The largest absolute Gasteiger partial charge is 0.357 e. The molecule has 0 aliphatic heterocycles. The molecule has 2 heterocycles. The summed E-state index contributed by atoms with van der Waals surface area (Å²) < 4.78 is 0. The molecule has 0 aromatic carbocycles. The Hall–Kier alpha value is -2.37. The summed E-state index contributed by atoms with van der Waals surface area (Å²) in [5.41, 5.74) is 2.51. The van der Waals surface area contributed by atoms with Gasteiger partial charge in [-0.1, -0.05) is 6.07 Å². The maximum absolute atomic E-state index is 12.1. The van der Waals surface area contributed by atoms with Crippen LogP contribution in [0.1, 0.15) is 54.4 Å². The van der Waals surface area contributed by atoms with Gasteiger partial charge in [0.1, 0.15) is 11.5 Å². The third-order valence-electron chi connectivity index (χ3n) is 4.20. The predicted octanol–water partition coefficient (Wildman–Crippen LogP) is 2.46. The molecular weight excluding hydrogens is 290 g/mol. The molecule has 0 atom stereocenters. The molecule has 2 aromatic rings. The molecule has 122 valence electrons. The Balaban J connectivity index is 1.55. The first kappa shape index (κ1) is 15.5. The molecule has 1 aliphatic carbocycles. The van der Waals surface area contributed by atoms with Gasteiger partial charge in [-0.25, -0.2) is 4.98 Å². The molecule has 0 unspecified atom stereocenters. The first-order chi connectivity index (χ1) is 11.2. The van der Waals surface area contributed by atoms with Crippen molar-refractivity contribution in [2.45, 2.75) is 39.2 Å². The fraction of sp³-hybridized carbons (Fsp3) is 0.471. The number of carbonyl (C=O) groups excluding carboxylic acids is 1. The Kier molecular flexibility index (Phi) is 4.60. The van der Waals surface area contributed by atoms with Crippen LogP contribution in [0.3, 0.4) is 0 Å². The molecule has 0 bridgehead atoms. The molecule has 3 rings (SSSR count). The van der Waals surface area contributed by atoms with Crippen molar-refractivity contribution in [2.75, 3.05) is 18.0 Å². The van der Waals surface area contributed by atoms with Crippen LogP contribution in [0.2, 0.25) is 0 Å². The Labute approximate surface area is 136 Å². The number of amides is 1. The molecule has 1 fully saturated rings. The van der Waals surface area contributed by atoms with Gasteiger partial charge >= 0.3 is 0 Å². The smallest absolute Gasteiger partial charge is 0.272 e. The van der Waals surface area contributed by atoms with E-state index in [4.69, 9.17) is 0 Å². The number of carbonyl (C=O) groups is 1. The quantitative estimate of drug-likeness (QED) is 0.823. The highest BCUT2D eigenvalue weighted by Crippen LogP contribution is 2.38. The number of pyridine rings is 1. The van der Waals surface area contributed by atoms with E-state index in [1.54, 1.807) is 0 Å². The van der Waals surface area contributed by atoms with Gasteiger partial charge in [0.05, 0.1) is 0 Å². The van der Waals surface area contributed by atoms with E-state index in [0.29, 0.717) is 18.2 Å². The number of aromatic amines is 1. The fourth-order valence-electron chi connectivity index (χ4n) is 2.59. The minimum absolute atomic E-state index is 0.152. The Morgan fingerprint density at radius 3 is 2.74 bits per heavy atom. The highest BCUT2D eigenvalue weighted by molar-refractivity contribution is 5.92. The van der Waals surface area contributed by atoms with Crippen LogP contribution in [0.5, 0.6) is 0 Å². The van der Waals surface area contributed by atoms with E-state index in [2.05, 4.69) is 39.2 Å². The lowest BCUT2D eigenvalue weighted by Crippen LogP contribution is -2.24. The van der Waals surface area contributed by atoms with Crippen LogP contribution in [0.4, 0.5) is 5.82 Å². The molecule has 0 radical (unpaired) electrons. The van der Waals surface area contributed by atoms with Gasteiger partial charge in [0.25, 0.3) is 5.91 Å². The van der Waals surface area contributed by atoms with Gasteiger partial charge in [0.2, 0.25) is 0 Å². The molecule has 6 nitrogen and oxygen atoms in total. The standard InChI is InChI=1S/C17H23N5O/c1-3-22(4-2)16-8-5-12(10-18-16)11-19-17(23)15-9-14(20-21-15)13-6-7-13/h5,8-10,13H,3-4,6-7,11H2,1-2H3,(H,19,23)(H,20,21). The number of aromatic nitrogens is 3. The SMILES string of the molecule is CCN(CC)c1ccc(CNC(=O)c2cc(C3CC3)[nH]n2)cn1. The van der Waals surface area contributed by atoms with Crippen LogP contribution in [-0.2, 0) is 6.54 Å². The van der Waals surface area contributed by atoms with Crippen molar-refractivity contribution in [1.29, 1.82) is 0 Å². The second-order valence-corrected chi connectivity index (χ2v) is 5.86. The van der Waals surface area contributed by atoms with Gasteiger partial charge in [-0.3, -0.25) is 9.89 Å². The first-order valence-corrected chi connectivity index (χ1v) is 8.24. The number of nitrogens with one attached hydrogen (secondary N) is 2. The minimum atomic E-state index is -0.152. The van der Waals surface area contributed by atoms with Crippen LogP contribution in [0, 0.1) is 0 Å². The molecule has 1 aliphatic rings. The number of nitrogens with zero attached hydrogens (tertiary/aromatic N) is 3. The summed E-state index contributed by atoms with van der Waals surface area (Å²) in [4.78, 5) is 18.8. The van der Waals surface area contributed by atoms with Gasteiger partial charge in [-0.15, -0.1) is 0 Å². The second-order valence-electron chi connectivity index (χ2n) is 5.86. The van der Waals surface area contributed by atoms with E-state index in [1.165, 1.54) is 12.8 Å². The summed E-state index contributed by atoms with van der Waals surface area (Å²) in [6.45, 7) is 6.54. The highest BCUT2D eigenvalue weighted by Gasteiger charge is 2.26. The summed E-state index contributed by atoms with van der Waals surface area (Å²) in [6.07, 6.45) is 4.19. The van der Waals surface area contributed by atoms with Crippen molar-refractivity contribution in [2.24, 2.45) is 0 Å². The van der Waals surface area contributed by atoms with Crippen molar-refractivity contribution in [1.82, 2.24) is 20.5 Å². The molecule has 2 aromatic heterocycles. The average molecular weight is 313 g/mol. The van der Waals surface area contributed by atoms with Crippen molar-refractivity contribution in [3.05, 3.63) is 41.3 Å². The van der Waals surface area contributed by atoms with Crippen molar-refractivity contribution < 1.29 is 4.79 Å². The molecular formula is C17H23N5O. The molecule has 0 spiro atoms. The molecule has 1 amide bonds. The molecule has 0 saturated heterocycles. The van der Waals surface area contributed by atoms with Crippen molar-refractivity contribution in [3.63, 3.8) is 0 Å². The Morgan fingerprint density at radius 2 is 2.13 bits per heavy atom. The maximum Gasteiger partial charge on any atom is 0.272 e. The topological polar surface area (TPSA) is 73.9 Å². The van der Waals surface area contributed by atoms with E-state index in [-0.39, 0.29) is 5.91 Å². The van der Waals surface area contributed by atoms with E-state index < -0.39 is 0 Å². The van der Waals surface area contributed by atoms with E-state index >= 15 is 0 Å². The van der Waals surface area contributed by atoms with Gasteiger partial charge in [-0.2, -0.15) is 5.10 Å². The van der Waals surface area contributed by atoms with Gasteiger partial charge in [-0.05, 0) is 44.4 Å². The third kappa shape index (κ3) is 3.70. The van der Waals surface area contributed by atoms with Crippen molar-refractivity contribution in [3.8, 4) is 0 Å². The molecule has 1 saturated carbocycles. The van der Waals surface area contributed by atoms with Crippen LogP contribution in [0.15, 0.2) is 24.4 Å². The number of anilines is 1. The zero-order chi connectivity index (χ0) is 16.2. The first-order valence-electron chi connectivity index (χ1n) is 8.24. The summed E-state index contributed by atoms with van der Waals surface area (Å²) in [5.74, 6) is 1.38. The molecule has 2 N–H and O–H groups in total. The van der Waals surface area contributed by atoms with Gasteiger partial charge < -0.3 is 10.2 Å². The van der Waals surface area contributed by atoms with Crippen LogP contribution in [-0.4, -0.2) is 34.2 Å². The number of hydrogen-bond donors (Lipinski definition) is 2. The van der Waals surface area contributed by atoms with E-state index in [1.807, 2.05) is 24.4 Å². The lowest BCUT2D eigenvalue weighted by atomic mass is 10.2. The number of H-pyrrole nitrogens is 1. The lowest BCUT2D eigenvalue weighted by molar-refractivity contribution is 0.0946. The maximum atomic E-state index is 12.1. The number of rotatable bonds is 7. The summed E-state index contributed by atoms with van der Waals surface area (Å²) in [6, 6.07) is 5.85. The zero-order valence-electron chi connectivity index (χ0n) is 13.7. The van der Waals surface area contributed by atoms with Gasteiger partial charge in [0, 0.05) is 37.4 Å². The van der Waals surface area contributed by atoms with Crippen LogP contribution < -0.4 is 10.2 Å². The number of hydrogen-bond acceptors (Lipinski definition) is 4. The highest BCUT2D eigenvalue weighted by atomic mass is 16.1. The summed E-state index contributed by atoms with van der Waals surface area (Å²) >= 11 is 0. The van der Waals surface area contributed by atoms with E-state index in [0.717, 1.165) is 30.2 Å². The molecule has 23 heavy (non-hydrogen) atoms. The Bertz CT molecular complexity index is 656. The Morgan fingerprint density at radius 1 is 1.35 bits per heavy atom. The van der Waals surface area contributed by atoms with Crippen LogP contribution in [0.25, 0.3) is 0 Å². The lowest BCUT2D eigenvalue weighted by Gasteiger charge is -2.19. The van der Waals surface area contributed by atoms with Crippen LogP contribution >= 0.6 is 0 Å². The van der Waals surface area contributed by atoms with Gasteiger partial charge in [0.15, 0.2) is 0 Å². The predicted molar refractivity (Wildman–Crippen MR) is 89.5 cm³/mol. The zero-order valence-corrected chi connectivity index (χ0v) is 13.7. The van der Waals surface area contributed by atoms with E-state index in [9.17, 15) is 4.79 Å². The third-order valence-corrected chi connectivity index (χ3v) is 4.20. The summed E-state index contributed by atoms with van der Waals surface area (Å²) in [5, 5.41) is 9.93. The normalized spacial score (nSPS) is 13.8. The fourth-order valence-corrected chi connectivity index (χ4v) is 2.59. The average Bonchev–Trinajstić information content (AvgIpc) is 3.32. The van der Waals surface area contributed by atoms with Crippen molar-refractivity contribution >= 4 is 11.7 Å². The monoisotopic (exact) mass is 313 g/mol. The minimum Gasteiger partial charge on any atom is -0.357 e. The summed E-state index contributed by atoms with van der Waals surface area (Å²) in [7, 11) is 0.